The minimum Gasteiger partial charge on any atom is -0.458 e. The molecule has 10 heteroatoms. The zero-order valence-corrected chi connectivity index (χ0v) is 13.6. The smallest absolute Gasteiger partial charge is 0.368 e. The number of benzene rings is 1. The maximum Gasteiger partial charge on any atom is 0.368 e. The summed E-state index contributed by atoms with van der Waals surface area (Å²) in [6.07, 6.45) is 2.71. The van der Waals surface area contributed by atoms with Gasteiger partial charge in [0.1, 0.15) is 19.3 Å². The van der Waals surface area contributed by atoms with E-state index in [1.54, 1.807) is 13.1 Å². The molecule has 3 aromatic rings. The fraction of sp³-hybridized carbons (Fsp3) is 0.167. The van der Waals surface area contributed by atoms with Gasteiger partial charge < -0.3 is 4.74 Å². The van der Waals surface area contributed by atoms with E-state index in [1.165, 1.54) is 17.3 Å². The Labute approximate surface area is 138 Å². The molecule has 0 aliphatic rings. The summed E-state index contributed by atoms with van der Waals surface area (Å²) < 4.78 is 8.87. The van der Waals surface area contributed by atoms with Crippen LogP contribution in [0.1, 0.15) is 5.56 Å². The molecule has 3 rings (SSSR count). The molecule has 0 aliphatic carbocycles. The molecule has 0 fully saturated rings. The van der Waals surface area contributed by atoms with E-state index in [2.05, 4.69) is 48.0 Å². The van der Waals surface area contributed by atoms with Gasteiger partial charge >= 0.3 is 11.7 Å². The highest BCUT2D eigenvalue weighted by Crippen LogP contribution is 2.20. The Balaban J connectivity index is 1.97. The van der Waals surface area contributed by atoms with Crippen LogP contribution in [0, 0.1) is 3.57 Å². The first-order valence-electron chi connectivity index (χ1n) is 6.18. The molecule has 0 unspecified atom stereocenters. The molecule has 0 aliphatic heterocycles. The summed E-state index contributed by atoms with van der Waals surface area (Å²) in [5.74, 6) is 0. The van der Waals surface area contributed by atoms with Crippen LogP contribution in [-0.4, -0.2) is 34.7 Å². The lowest BCUT2D eigenvalue weighted by atomic mass is 10.2. The van der Waals surface area contributed by atoms with Crippen molar-refractivity contribution in [2.45, 2.75) is 6.61 Å². The largest absolute Gasteiger partial charge is 0.458 e. The van der Waals surface area contributed by atoms with Crippen LogP contribution in [0.15, 0.2) is 35.6 Å². The van der Waals surface area contributed by atoms with Crippen LogP contribution < -0.4 is 10.4 Å². The van der Waals surface area contributed by atoms with Crippen molar-refractivity contribution in [1.82, 2.24) is 34.7 Å². The van der Waals surface area contributed by atoms with E-state index in [0.717, 1.165) is 13.8 Å². The minimum atomic E-state index is -0.330. The predicted octanol–water partition coefficient (Wildman–Crippen LogP) is 0.335. The number of ether oxygens (including phenoxy) is 1. The Bertz CT molecular complexity index is 846. The van der Waals surface area contributed by atoms with Crippen molar-refractivity contribution in [3.05, 3.63) is 50.5 Å². The summed E-state index contributed by atoms with van der Waals surface area (Å²) in [5.41, 5.74) is 1.08. The highest BCUT2D eigenvalue weighted by atomic mass is 127. The van der Waals surface area contributed by atoms with Crippen LogP contribution in [0.25, 0.3) is 5.69 Å². The van der Waals surface area contributed by atoms with Crippen molar-refractivity contribution < 1.29 is 4.74 Å². The molecule has 2 aromatic heterocycles. The highest BCUT2D eigenvalue weighted by Gasteiger charge is 2.14. The summed E-state index contributed by atoms with van der Waals surface area (Å²) in [6, 6.07) is 5.75. The number of halogens is 1. The van der Waals surface area contributed by atoms with Gasteiger partial charge in [-0.05, 0) is 45.2 Å². The average molecular weight is 411 g/mol. The fourth-order valence-electron chi connectivity index (χ4n) is 1.79. The molecule has 0 spiro atoms. The Hall–Kier alpha value is -2.37. The summed E-state index contributed by atoms with van der Waals surface area (Å²) in [5, 5.41) is 7.58. The minimum absolute atomic E-state index is 0.196. The molecule has 112 valence electrons. The molecular weight excluding hydrogens is 401 g/mol. The van der Waals surface area contributed by atoms with Gasteiger partial charge in [-0.25, -0.2) is 9.78 Å². The lowest BCUT2D eigenvalue weighted by molar-refractivity contribution is 0.278. The third kappa shape index (κ3) is 2.81. The highest BCUT2D eigenvalue weighted by molar-refractivity contribution is 14.1. The first-order valence-corrected chi connectivity index (χ1v) is 7.26. The van der Waals surface area contributed by atoms with Gasteiger partial charge in [0, 0.05) is 16.2 Å². The maximum absolute atomic E-state index is 12.0. The molecule has 1 aromatic carbocycles. The first-order chi connectivity index (χ1) is 10.7. The van der Waals surface area contributed by atoms with E-state index in [0.29, 0.717) is 5.69 Å². The molecule has 9 nitrogen and oxygen atoms in total. The van der Waals surface area contributed by atoms with Crippen molar-refractivity contribution in [1.29, 1.82) is 0 Å². The molecule has 0 atom stereocenters. The van der Waals surface area contributed by atoms with Gasteiger partial charge in [0.15, 0.2) is 0 Å². The zero-order chi connectivity index (χ0) is 15.5. The van der Waals surface area contributed by atoms with E-state index in [-0.39, 0.29) is 18.3 Å². The number of rotatable bonds is 4. The molecule has 0 amide bonds. The van der Waals surface area contributed by atoms with Crippen molar-refractivity contribution in [3.63, 3.8) is 0 Å². The van der Waals surface area contributed by atoms with E-state index >= 15 is 0 Å². The monoisotopic (exact) mass is 411 g/mol. The molecule has 22 heavy (non-hydrogen) atoms. The van der Waals surface area contributed by atoms with E-state index in [4.69, 9.17) is 4.74 Å². The summed E-state index contributed by atoms with van der Waals surface area (Å²) in [7, 11) is 1.54. The molecule has 0 saturated heterocycles. The van der Waals surface area contributed by atoms with Crippen LogP contribution in [-0.2, 0) is 13.7 Å². The lowest BCUT2D eigenvalue weighted by Gasteiger charge is -2.10. The summed E-state index contributed by atoms with van der Waals surface area (Å²) >= 11 is 2.17. The Morgan fingerprint density at radius 2 is 2.00 bits per heavy atom. The Morgan fingerprint density at radius 1 is 1.23 bits per heavy atom. The standard InChI is InChI=1S/C12H10IN7O2/c1-19-12(21)20(18-17-19)10-4-2-3-9(13)8(10)5-22-11-15-6-14-7-16-11/h2-4,6-7H,5H2,1H3. The number of hydrogen-bond acceptors (Lipinski definition) is 7. The third-order valence-corrected chi connectivity index (χ3v) is 3.87. The molecular formula is C12H10IN7O2. The van der Waals surface area contributed by atoms with Crippen LogP contribution in [0.3, 0.4) is 0 Å². The molecule has 0 radical (unpaired) electrons. The van der Waals surface area contributed by atoms with Crippen LogP contribution in [0.4, 0.5) is 0 Å². The van der Waals surface area contributed by atoms with Gasteiger partial charge in [-0.2, -0.15) is 19.3 Å². The Kier molecular flexibility index (Phi) is 4.09. The Morgan fingerprint density at radius 3 is 2.68 bits per heavy atom. The van der Waals surface area contributed by atoms with Gasteiger partial charge in [0.2, 0.25) is 0 Å². The summed E-state index contributed by atoms with van der Waals surface area (Å²) in [4.78, 5) is 23.6. The van der Waals surface area contributed by atoms with Crippen molar-refractivity contribution in [2.24, 2.45) is 7.05 Å². The van der Waals surface area contributed by atoms with Crippen molar-refractivity contribution in [2.75, 3.05) is 0 Å². The van der Waals surface area contributed by atoms with Crippen LogP contribution in [0.2, 0.25) is 0 Å². The van der Waals surface area contributed by atoms with Crippen molar-refractivity contribution in [3.8, 4) is 11.7 Å². The van der Waals surface area contributed by atoms with E-state index in [1.807, 2.05) is 12.1 Å². The maximum atomic E-state index is 12.0. The molecule has 2 heterocycles. The van der Waals surface area contributed by atoms with E-state index in [9.17, 15) is 4.79 Å². The molecule has 0 N–H and O–H groups in total. The lowest BCUT2D eigenvalue weighted by Crippen LogP contribution is -2.23. The fourth-order valence-corrected chi connectivity index (χ4v) is 2.43. The van der Waals surface area contributed by atoms with Crippen LogP contribution in [0.5, 0.6) is 6.01 Å². The van der Waals surface area contributed by atoms with Gasteiger partial charge in [0.05, 0.1) is 5.69 Å². The quantitative estimate of drug-likeness (QED) is 0.571. The van der Waals surface area contributed by atoms with Gasteiger partial charge in [-0.1, -0.05) is 6.07 Å². The SMILES string of the molecule is Cn1nnn(-c2cccc(I)c2COc2ncncn2)c1=O. The average Bonchev–Trinajstić information content (AvgIpc) is 2.86. The zero-order valence-electron chi connectivity index (χ0n) is 11.4. The topological polar surface area (TPSA) is 101 Å². The van der Waals surface area contributed by atoms with Gasteiger partial charge in [-0.3, -0.25) is 0 Å². The predicted molar refractivity (Wildman–Crippen MR) is 83.5 cm³/mol. The third-order valence-electron chi connectivity index (χ3n) is 2.86. The molecule has 0 bridgehead atoms. The number of tetrazole rings is 1. The number of hydrogen-bond donors (Lipinski definition) is 0. The van der Waals surface area contributed by atoms with Crippen LogP contribution >= 0.6 is 22.6 Å². The second-order valence-corrected chi connectivity index (χ2v) is 5.41. The number of aryl methyl sites for hydroxylation is 1. The normalized spacial score (nSPS) is 10.6. The number of nitrogens with zero attached hydrogens (tertiary/aromatic N) is 7. The second-order valence-electron chi connectivity index (χ2n) is 4.24. The van der Waals surface area contributed by atoms with E-state index < -0.39 is 0 Å². The summed E-state index contributed by atoms with van der Waals surface area (Å²) in [6.45, 7) is 0.196. The second kappa shape index (κ2) is 6.17. The van der Waals surface area contributed by atoms with Gasteiger partial charge in [-0.15, -0.1) is 0 Å². The van der Waals surface area contributed by atoms with Crippen molar-refractivity contribution >= 4 is 22.6 Å². The molecule has 0 saturated carbocycles. The van der Waals surface area contributed by atoms with Gasteiger partial charge in [0.25, 0.3) is 0 Å². The number of aromatic nitrogens is 7. The first kappa shape index (κ1) is 14.6.